The lowest BCUT2D eigenvalue weighted by Gasteiger charge is -2.43. The van der Waals surface area contributed by atoms with Gasteiger partial charge in [-0.2, -0.15) is 0 Å². The van der Waals surface area contributed by atoms with Gasteiger partial charge in [-0.1, -0.05) is 166 Å². The Balaban J connectivity index is 1.09. The summed E-state index contributed by atoms with van der Waals surface area (Å²) in [5, 5.41) is 1.31. The number of rotatable bonds is 5. The third kappa shape index (κ3) is 5.83. The Labute approximate surface area is 423 Å². The quantitative estimate of drug-likeness (QED) is 0.159. The number of anilines is 6. The van der Waals surface area contributed by atoms with E-state index >= 15 is 0 Å². The zero-order valence-electron chi connectivity index (χ0n) is 41.8. The zero-order valence-corrected chi connectivity index (χ0v) is 42.6. The van der Waals surface area contributed by atoms with Crippen molar-refractivity contribution in [2.45, 2.75) is 72.6 Å². The molecule has 0 bridgehead atoms. The molecule has 0 saturated heterocycles. The summed E-state index contributed by atoms with van der Waals surface area (Å²) in [6.07, 6.45) is 0. The van der Waals surface area contributed by atoms with Crippen LogP contribution >= 0.6 is 11.3 Å². The standard InChI is InChI=1S/C67H55BN2S/c1-38(2)47-16-13-17-48(39(3)4)63(47)44-25-31-58-59(35-44)69(45-26-20-40(5)21-27-45)60-33-43(8)34-61-64(60)68(58)66-65(70(61)46-28-22-41(6)23-29-46)53-36-52-51-30-24-42(7)32-56(51)67(57(52)37-62(53)71-66)54-18-11-9-14-49(54)50-15-10-12-19-55(50)67/h9-39H,1-8H3. The normalized spacial score (nSPS) is 14.2. The molecule has 0 radical (unpaired) electrons. The fourth-order valence-corrected chi connectivity index (χ4v) is 14.7. The van der Waals surface area contributed by atoms with Crippen LogP contribution in [0, 0.1) is 27.7 Å². The first-order valence-electron chi connectivity index (χ1n) is 25.6. The van der Waals surface area contributed by atoms with Crippen molar-refractivity contribution < 1.29 is 0 Å². The fourth-order valence-electron chi connectivity index (χ4n) is 13.3. The van der Waals surface area contributed by atoms with Gasteiger partial charge in [-0.15, -0.1) is 11.3 Å². The molecule has 2 nitrogen and oxygen atoms in total. The molecule has 10 aromatic rings. The first-order valence-corrected chi connectivity index (χ1v) is 26.4. The second kappa shape index (κ2) is 15.3. The molecule has 0 saturated carbocycles. The molecule has 14 rings (SSSR count). The summed E-state index contributed by atoms with van der Waals surface area (Å²) in [6, 6.07) is 68.6. The van der Waals surface area contributed by atoms with Crippen LogP contribution in [0.15, 0.2) is 176 Å². The van der Waals surface area contributed by atoms with Crippen molar-refractivity contribution in [3.8, 4) is 33.4 Å². The second-order valence-corrected chi connectivity index (χ2v) is 22.6. The first kappa shape index (κ1) is 42.5. The molecule has 1 aromatic heterocycles. The number of hydrogen-bond donors (Lipinski definition) is 0. The molecule has 71 heavy (non-hydrogen) atoms. The van der Waals surface area contributed by atoms with E-state index in [1.54, 1.807) is 0 Å². The minimum atomic E-state index is -0.421. The molecule has 0 fully saturated rings. The Morgan fingerprint density at radius 1 is 0.451 bits per heavy atom. The maximum absolute atomic E-state index is 2.63. The minimum Gasteiger partial charge on any atom is -0.311 e. The van der Waals surface area contributed by atoms with Crippen molar-refractivity contribution >= 4 is 78.0 Å². The van der Waals surface area contributed by atoms with Gasteiger partial charge in [0.2, 0.25) is 0 Å². The van der Waals surface area contributed by atoms with Crippen LogP contribution < -0.4 is 25.5 Å². The van der Waals surface area contributed by atoms with Gasteiger partial charge in [0.05, 0.1) is 11.1 Å². The van der Waals surface area contributed by atoms with Crippen molar-refractivity contribution in [2.75, 3.05) is 9.80 Å². The smallest absolute Gasteiger partial charge is 0.264 e. The number of benzene rings is 9. The van der Waals surface area contributed by atoms with Crippen LogP contribution in [0.5, 0.6) is 0 Å². The van der Waals surface area contributed by atoms with Gasteiger partial charge in [-0.25, -0.2) is 0 Å². The summed E-state index contributed by atoms with van der Waals surface area (Å²) < 4.78 is 2.73. The lowest BCUT2D eigenvalue weighted by Crippen LogP contribution is -2.60. The SMILES string of the molecule is Cc1ccc(N2c3cc(-c4c(C(C)C)cccc4C(C)C)ccc3B3c4sc5cc6c(cc5c4N(c4ccc(C)cc4)c4cc(C)cc2c43)-c2ccc(C)cc2C62c3ccccc3-c3ccccc32)cc1. The molecular formula is C67H55BN2S. The highest BCUT2D eigenvalue weighted by Gasteiger charge is 2.53. The third-order valence-electron chi connectivity index (χ3n) is 16.4. The van der Waals surface area contributed by atoms with Crippen molar-refractivity contribution in [1.82, 2.24) is 0 Å². The van der Waals surface area contributed by atoms with Gasteiger partial charge in [-0.05, 0) is 177 Å². The van der Waals surface area contributed by atoms with Gasteiger partial charge in [0, 0.05) is 43.3 Å². The fraction of sp³-hybridized carbons (Fsp3) is 0.164. The molecule has 2 aliphatic heterocycles. The lowest BCUT2D eigenvalue weighted by molar-refractivity contribution is 0.794. The Bertz CT molecular complexity index is 3820. The van der Waals surface area contributed by atoms with Gasteiger partial charge in [0.15, 0.2) is 0 Å². The third-order valence-corrected chi connectivity index (χ3v) is 17.6. The van der Waals surface area contributed by atoms with E-state index in [4.69, 9.17) is 0 Å². The molecular weight excluding hydrogens is 876 g/mol. The Kier molecular flexibility index (Phi) is 9.16. The summed E-state index contributed by atoms with van der Waals surface area (Å²) in [4.78, 5) is 5.22. The van der Waals surface area contributed by atoms with Gasteiger partial charge >= 0.3 is 0 Å². The highest BCUT2D eigenvalue weighted by molar-refractivity contribution is 7.33. The van der Waals surface area contributed by atoms with Crippen LogP contribution in [0.4, 0.5) is 34.1 Å². The van der Waals surface area contributed by atoms with E-state index in [1.165, 1.54) is 149 Å². The summed E-state index contributed by atoms with van der Waals surface area (Å²) >= 11 is 2.01. The number of fused-ring (bicyclic) bond motifs is 16. The summed E-state index contributed by atoms with van der Waals surface area (Å²) in [5.41, 5.74) is 31.1. The Morgan fingerprint density at radius 3 is 1.65 bits per heavy atom. The van der Waals surface area contributed by atoms with Crippen molar-refractivity contribution in [3.05, 3.63) is 232 Å². The number of aryl methyl sites for hydroxylation is 4. The average Bonchev–Trinajstić information content (AvgIpc) is 3.99. The minimum absolute atomic E-state index is 0.0111. The van der Waals surface area contributed by atoms with Gasteiger partial charge < -0.3 is 9.80 Å². The summed E-state index contributed by atoms with van der Waals surface area (Å²) in [7, 11) is 0. The van der Waals surface area contributed by atoms with E-state index in [0.29, 0.717) is 11.8 Å². The predicted molar refractivity (Wildman–Crippen MR) is 305 cm³/mol. The van der Waals surface area contributed by atoms with Crippen LogP contribution in [-0.2, 0) is 5.41 Å². The molecule has 1 spiro atoms. The molecule has 0 amide bonds. The Hall–Kier alpha value is -7.40. The van der Waals surface area contributed by atoms with E-state index < -0.39 is 5.41 Å². The molecule has 3 heterocycles. The zero-order chi connectivity index (χ0) is 48.2. The van der Waals surface area contributed by atoms with Crippen LogP contribution in [-0.4, -0.2) is 6.71 Å². The largest absolute Gasteiger partial charge is 0.311 e. The summed E-state index contributed by atoms with van der Waals surface area (Å²) in [5.74, 6) is 0.767. The molecule has 4 heteroatoms. The molecule has 0 N–H and O–H groups in total. The second-order valence-electron chi connectivity index (χ2n) is 21.5. The Morgan fingerprint density at radius 2 is 1.01 bits per heavy atom. The van der Waals surface area contributed by atoms with E-state index in [0.717, 1.165) is 0 Å². The topological polar surface area (TPSA) is 6.48 Å². The molecule has 0 unspecified atom stereocenters. The van der Waals surface area contributed by atoms with Crippen LogP contribution in [0.3, 0.4) is 0 Å². The molecule has 0 atom stereocenters. The number of thiophene rings is 1. The maximum atomic E-state index is 2.63. The molecule has 342 valence electrons. The number of hydrogen-bond acceptors (Lipinski definition) is 3. The van der Waals surface area contributed by atoms with Crippen LogP contribution in [0.1, 0.15) is 95.2 Å². The highest BCUT2D eigenvalue weighted by atomic mass is 32.1. The summed E-state index contributed by atoms with van der Waals surface area (Å²) in [6.45, 7) is 18.3. The average molecular weight is 931 g/mol. The van der Waals surface area contributed by atoms with Crippen molar-refractivity contribution in [1.29, 1.82) is 0 Å². The van der Waals surface area contributed by atoms with E-state index in [1.807, 2.05) is 11.3 Å². The highest BCUT2D eigenvalue weighted by Crippen LogP contribution is 2.64. The monoisotopic (exact) mass is 930 g/mol. The van der Waals surface area contributed by atoms with Crippen molar-refractivity contribution in [2.24, 2.45) is 0 Å². The van der Waals surface area contributed by atoms with E-state index in [9.17, 15) is 0 Å². The van der Waals surface area contributed by atoms with Crippen molar-refractivity contribution in [3.63, 3.8) is 0 Å². The molecule has 9 aromatic carbocycles. The van der Waals surface area contributed by atoms with Gasteiger partial charge in [0.1, 0.15) is 0 Å². The molecule has 2 aliphatic carbocycles. The van der Waals surface area contributed by atoms with E-state index in [-0.39, 0.29) is 6.71 Å². The van der Waals surface area contributed by atoms with Gasteiger partial charge in [0.25, 0.3) is 6.71 Å². The van der Waals surface area contributed by atoms with Crippen LogP contribution in [0.25, 0.3) is 43.5 Å². The van der Waals surface area contributed by atoms with E-state index in [2.05, 4.69) is 241 Å². The van der Waals surface area contributed by atoms with Crippen LogP contribution in [0.2, 0.25) is 0 Å². The number of nitrogens with zero attached hydrogens (tertiary/aromatic N) is 2. The maximum Gasteiger partial charge on any atom is 0.264 e. The van der Waals surface area contributed by atoms with Gasteiger partial charge in [-0.3, -0.25) is 0 Å². The lowest BCUT2D eigenvalue weighted by atomic mass is 9.36. The molecule has 4 aliphatic rings. The first-order chi connectivity index (χ1) is 34.5. The predicted octanol–water partition coefficient (Wildman–Crippen LogP) is 16.5.